The first-order valence-electron chi connectivity index (χ1n) is 7.61. The summed E-state index contributed by atoms with van der Waals surface area (Å²) in [7, 11) is 0. The van der Waals surface area contributed by atoms with Gasteiger partial charge in [0.2, 0.25) is 5.56 Å². The van der Waals surface area contributed by atoms with E-state index in [0.29, 0.717) is 37.6 Å². The highest BCUT2D eigenvalue weighted by Gasteiger charge is 2.31. The lowest BCUT2D eigenvalue weighted by Gasteiger charge is -2.35. The Balaban J connectivity index is 1.62. The zero-order chi connectivity index (χ0) is 18.0. The van der Waals surface area contributed by atoms with Crippen LogP contribution in [0.15, 0.2) is 41.5 Å². The van der Waals surface area contributed by atoms with Gasteiger partial charge in [-0.1, -0.05) is 0 Å². The molecule has 1 saturated heterocycles. The molecular weight excluding hydrogens is 337 g/mol. The molecule has 0 spiro atoms. The number of alkyl halides is 3. The number of anilines is 1. The second-order valence-electron chi connectivity index (χ2n) is 5.62. The third-order valence-electron chi connectivity index (χ3n) is 4.00. The molecule has 25 heavy (non-hydrogen) atoms. The first kappa shape index (κ1) is 17.0. The van der Waals surface area contributed by atoms with Crippen LogP contribution in [0.1, 0.15) is 15.9 Å². The molecule has 6 nitrogen and oxygen atoms in total. The van der Waals surface area contributed by atoms with Crippen molar-refractivity contribution in [1.82, 2.24) is 14.9 Å². The predicted octanol–water partition coefficient (Wildman–Crippen LogP) is 1.75. The molecule has 9 heteroatoms. The topological polar surface area (TPSA) is 69.3 Å². The molecule has 0 unspecified atom stereocenters. The molecule has 0 bridgehead atoms. The second-order valence-corrected chi connectivity index (χ2v) is 5.62. The molecule has 0 aliphatic carbocycles. The van der Waals surface area contributed by atoms with E-state index in [1.807, 2.05) is 4.90 Å². The van der Waals surface area contributed by atoms with Gasteiger partial charge in [-0.25, -0.2) is 4.98 Å². The number of hydrogen-bond acceptors (Lipinski definition) is 4. The maximum Gasteiger partial charge on any atom is 0.417 e. The number of aromatic amines is 1. The molecule has 1 aliphatic heterocycles. The molecule has 0 radical (unpaired) electrons. The number of pyridine rings is 2. The minimum atomic E-state index is -4.41. The van der Waals surface area contributed by atoms with E-state index in [1.54, 1.807) is 4.90 Å². The number of nitrogens with one attached hydrogen (secondary N) is 1. The van der Waals surface area contributed by atoms with Crippen molar-refractivity contribution >= 4 is 11.7 Å². The van der Waals surface area contributed by atoms with E-state index in [-0.39, 0.29) is 11.5 Å². The summed E-state index contributed by atoms with van der Waals surface area (Å²) in [6.07, 6.45) is -2.23. The lowest BCUT2D eigenvalue weighted by Crippen LogP contribution is -2.49. The van der Waals surface area contributed by atoms with Crippen molar-refractivity contribution in [2.45, 2.75) is 6.18 Å². The number of nitrogens with zero attached hydrogens (tertiary/aromatic N) is 3. The van der Waals surface area contributed by atoms with Crippen LogP contribution in [0.5, 0.6) is 0 Å². The largest absolute Gasteiger partial charge is 0.417 e. The van der Waals surface area contributed by atoms with Gasteiger partial charge in [-0.15, -0.1) is 0 Å². The smallest absolute Gasteiger partial charge is 0.353 e. The highest BCUT2D eigenvalue weighted by Crippen LogP contribution is 2.29. The van der Waals surface area contributed by atoms with Gasteiger partial charge >= 0.3 is 6.18 Å². The number of amides is 1. The molecule has 0 atom stereocenters. The van der Waals surface area contributed by atoms with Crippen LogP contribution in [0.25, 0.3) is 0 Å². The van der Waals surface area contributed by atoms with Gasteiger partial charge in [0.05, 0.1) is 11.1 Å². The molecule has 3 heterocycles. The van der Waals surface area contributed by atoms with Gasteiger partial charge in [0.15, 0.2) is 0 Å². The molecule has 132 valence electrons. The Morgan fingerprint density at radius 1 is 1.08 bits per heavy atom. The van der Waals surface area contributed by atoms with Crippen molar-refractivity contribution in [3.05, 3.63) is 58.1 Å². The molecule has 0 saturated carbocycles. The van der Waals surface area contributed by atoms with E-state index in [4.69, 9.17) is 0 Å². The van der Waals surface area contributed by atoms with Gasteiger partial charge in [0, 0.05) is 44.6 Å². The van der Waals surface area contributed by atoms with Gasteiger partial charge in [-0.3, -0.25) is 9.59 Å². The Kier molecular flexibility index (Phi) is 4.47. The number of piperazine rings is 1. The summed E-state index contributed by atoms with van der Waals surface area (Å²) >= 11 is 0. The number of rotatable bonds is 2. The minimum Gasteiger partial charge on any atom is -0.353 e. The van der Waals surface area contributed by atoms with Crippen molar-refractivity contribution in [1.29, 1.82) is 0 Å². The van der Waals surface area contributed by atoms with E-state index in [1.165, 1.54) is 24.4 Å². The first-order valence-corrected chi connectivity index (χ1v) is 7.61. The minimum absolute atomic E-state index is 0.198. The van der Waals surface area contributed by atoms with Gasteiger partial charge in [-0.05, 0) is 18.2 Å². The molecule has 1 fully saturated rings. The molecule has 1 amide bonds. The summed E-state index contributed by atoms with van der Waals surface area (Å²) in [5.41, 5.74) is -0.682. The number of hydrogen-bond donors (Lipinski definition) is 1. The van der Waals surface area contributed by atoms with Crippen molar-refractivity contribution in [3.8, 4) is 0 Å². The van der Waals surface area contributed by atoms with Crippen LogP contribution in [-0.2, 0) is 6.18 Å². The lowest BCUT2D eigenvalue weighted by molar-refractivity contribution is -0.137. The Morgan fingerprint density at radius 3 is 2.32 bits per heavy atom. The Morgan fingerprint density at radius 2 is 1.80 bits per heavy atom. The third kappa shape index (κ3) is 3.81. The maximum atomic E-state index is 12.6. The third-order valence-corrected chi connectivity index (χ3v) is 4.00. The van der Waals surface area contributed by atoms with E-state index in [9.17, 15) is 22.8 Å². The highest BCUT2D eigenvalue weighted by molar-refractivity contribution is 5.94. The number of carbonyl (C=O) groups is 1. The van der Waals surface area contributed by atoms with Crippen LogP contribution in [0.3, 0.4) is 0 Å². The summed E-state index contributed by atoms with van der Waals surface area (Å²) in [6, 6.07) is 5.09. The standard InChI is InChI=1S/C16H15F3N4O2/c17-16(18,19)12-2-3-13(20-10-12)22-5-7-23(8-6-22)15(25)11-1-4-14(24)21-9-11/h1-4,9-10H,5-8H2,(H,21,24). The monoisotopic (exact) mass is 352 g/mol. The molecule has 2 aromatic rings. The maximum absolute atomic E-state index is 12.6. The van der Waals surface area contributed by atoms with E-state index < -0.39 is 11.7 Å². The van der Waals surface area contributed by atoms with Gasteiger partial charge in [0.1, 0.15) is 5.82 Å². The fraction of sp³-hybridized carbons (Fsp3) is 0.312. The SMILES string of the molecule is O=C(c1ccc(=O)[nH]c1)N1CCN(c2ccc(C(F)(F)F)cn2)CC1. The van der Waals surface area contributed by atoms with Crippen molar-refractivity contribution in [2.24, 2.45) is 0 Å². The van der Waals surface area contributed by atoms with Crippen LogP contribution in [0.2, 0.25) is 0 Å². The summed E-state index contributed by atoms with van der Waals surface area (Å²) in [5.74, 6) is 0.250. The summed E-state index contributed by atoms with van der Waals surface area (Å²) in [6.45, 7) is 1.77. The zero-order valence-corrected chi connectivity index (χ0v) is 13.1. The van der Waals surface area contributed by atoms with Crippen LogP contribution in [0, 0.1) is 0 Å². The fourth-order valence-corrected chi connectivity index (χ4v) is 2.61. The molecule has 3 rings (SSSR count). The zero-order valence-electron chi connectivity index (χ0n) is 13.1. The predicted molar refractivity (Wildman–Crippen MR) is 84.4 cm³/mol. The lowest BCUT2D eigenvalue weighted by atomic mass is 10.2. The molecule has 1 aliphatic rings. The molecule has 1 N–H and O–H groups in total. The first-order chi connectivity index (χ1) is 11.8. The van der Waals surface area contributed by atoms with Crippen molar-refractivity contribution in [2.75, 3.05) is 31.1 Å². The van der Waals surface area contributed by atoms with E-state index >= 15 is 0 Å². The quantitative estimate of drug-likeness (QED) is 0.894. The highest BCUT2D eigenvalue weighted by atomic mass is 19.4. The summed E-state index contributed by atoms with van der Waals surface area (Å²) in [4.78, 5) is 33.2. The summed E-state index contributed by atoms with van der Waals surface area (Å²) < 4.78 is 37.7. The van der Waals surface area contributed by atoms with Gasteiger partial charge in [-0.2, -0.15) is 13.2 Å². The molecule has 0 aromatic carbocycles. The van der Waals surface area contributed by atoms with E-state index in [0.717, 1.165) is 12.3 Å². The van der Waals surface area contributed by atoms with E-state index in [2.05, 4.69) is 9.97 Å². The van der Waals surface area contributed by atoms with Gasteiger partial charge < -0.3 is 14.8 Å². The Labute approximate surface area is 140 Å². The number of carbonyl (C=O) groups excluding carboxylic acids is 1. The van der Waals surface area contributed by atoms with Crippen molar-refractivity contribution < 1.29 is 18.0 Å². The fourth-order valence-electron chi connectivity index (χ4n) is 2.61. The van der Waals surface area contributed by atoms with Crippen LogP contribution >= 0.6 is 0 Å². The van der Waals surface area contributed by atoms with Crippen LogP contribution in [0.4, 0.5) is 19.0 Å². The second kappa shape index (κ2) is 6.58. The van der Waals surface area contributed by atoms with Gasteiger partial charge in [0.25, 0.3) is 5.91 Å². The van der Waals surface area contributed by atoms with Crippen molar-refractivity contribution in [3.63, 3.8) is 0 Å². The number of H-pyrrole nitrogens is 1. The number of aromatic nitrogens is 2. The Bertz CT molecular complexity index is 789. The Hall–Kier alpha value is -2.84. The summed E-state index contributed by atoms with van der Waals surface area (Å²) in [5, 5.41) is 0. The molecule has 2 aromatic heterocycles. The number of halogens is 3. The van der Waals surface area contributed by atoms with Crippen LogP contribution in [-0.4, -0.2) is 47.0 Å². The van der Waals surface area contributed by atoms with Crippen LogP contribution < -0.4 is 10.5 Å². The normalized spacial score (nSPS) is 15.3. The molecular formula is C16H15F3N4O2. The average Bonchev–Trinajstić information content (AvgIpc) is 2.61. The average molecular weight is 352 g/mol.